The summed E-state index contributed by atoms with van der Waals surface area (Å²) < 4.78 is 40.4. The highest BCUT2D eigenvalue weighted by Crippen LogP contribution is 2.26. The third-order valence-electron chi connectivity index (χ3n) is 1.20. The highest BCUT2D eigenvalue weighted by Gasteiger charge is 2.33. The third-order valence-corrected chi connectivity index (χ3v) is 1.20. The minimum absolute atomic E-state index is 0.364. The second-order valence-corrected chi connectivity index (χ2v) is 2.14. The van der Waals surface area contributed by atoms with Crippen molar-refractivity contribution in [1.82, 2.24) is 9.97 Å². The van der Waals surface area contributed by atoms with E-state index >= 15 is 0 Å². The molecule has 0 aromatic carbocycles. The van der Waals surface area contributed by atoms with Gasteiger partial charge in [0.2, 0.25) is 0 Å². The summed E-state index contributed by atoms with van der Waals surface area (Å²) in [6.07, 6.45) is -4.64. The van der Waals surface area contributed by atoms with Gasteiger partial charge in [0.1, 0.15) is 0 Å². The maximum atomic E-state index is 12.0. The lowest BCUT2D eigenvalue weighted by Gasteiger charge is -2.05. The molecule has 0 radical (unpaired) electrons. The molecule has 1 rings (SSSR count). The van der Waals surface area contributed by atoms with E-state index in [0.29, 0.717) is 6.07 Å². The molecule has 72 valence electrons. The lowest BCUT2D eigenvalue weighted by Crippen LogP contribution is -2.16. The molecule has 1 N–H and O–H groups in total. The van der Waals surface area contributed by atoms with Gasteiger partial charge >= 0.3 is 6.18 Å². The molecule has 7 heteroatoms. The first-order chi connectivity index (χ1) is 5.93. The van der Waals surface area contributed by atoms with Crippen LogP contribution in [0.5, 0.6) is 6.01 Å². The summed E-state index contributed by atoms with van der Waals surface area (Å²) in [4.78, 5) is 15.6. The van der Waals surface area contributed by atoms with Crippen molar-refractivity contribution >= 4 is 0 Å². The molecule has 0 saturated heterocycles. The summed E-state index contributed by atoms with van der Waals surface area (Å²) in [6.45, 7) is 0. The molecule has 13 heavy (non-hydrogen) atoms. The maximum Gasteiger partial charge on any atom is 0.433 e. The zero-order chi connectivity index (χ0) is 10.1. The van der Waals surface area contributed by atoms with Crippen LogP contribution >= 0.6 is 0 Å². The molecule has 0 bridgehead atoms. The quantitative estimate of drug-likeness (QED) is 0.719. The van der Waals surface area contributed by atoms with Crippen LogP contribution in [0.25, 0.3) is 0 Å². The van der Waals surface area contributed by atoms with Crippen molar-refractivity contribution in [2.75, 3.05) is 7.11 Å². The Morgan fingerprint density at radius 1 is 1.54 bits per heavy atom. The lowest BCUT2D eigenvalue weighted by atomic mass is 10.4. The van der Waals surface area contributed by atoms with Crippen molar-refractivity contribution in [3.8, 4) is 6.01 Å². The molecule has 0 atom stereocenters. The van der Waals surface area contributed by atoms with E-state index in [1.165, 1.54) is 0 Å². The Bertz CT molecular complexity index is 358. The number of aromatic nitrogens is 2. The van der Waals surface area contributed by atoms with Gasteiger partial charge in [-0.15, -0.1) is 0 Å². The van der Waals surface area contributed by atoms with Crippen molar-refractivity contribution in [1.29, 1.82) is 0 Å². The number of hydrogen-bond donors (Lipinski definition) is 1. The smallest absolute Gasteiger partial charge is 0.433 e. The molecular weight excluding hydrogens is 189 g/mol. The van der Waals surface area contributed by atoms with Crippen LogP contribution in [0.4, 0.5) is 13.2 Å². The first-order valence-electron chi connectivity index (χ1n) is 3.16. The largest absolute Gasteiger partial charge is 0.468 e. The standard InChI is InChI=1S/C6H5F3N2O2/c1-13-5-10-3(6(7,8)9)2-4(12)11-5/h2H,1H3,(H,10,11,12). The van der Waals surface area contributed by atoms with Crippen molar-refractivity contribution in [3.63, 3.8) is 0 Å². The minimum atomic E-state index is -4.64. The summed E-state index contributed by atoms with van der Waals surface area (Å²) in [5, 5.41) is 0. The van der Waals surface area contributed by atoms with Gasteiger partial charge in [0.25, 0.3) is 11.6 Å². The number of hydrogen-bond acceptors (Lipinski definition) is 3. The molecule has 1 aromatic heterocycles. The van der Waals surface area contributed by atoms with Gasteiger partial charge in [-0.25, -0.2) is 0 Å². The summed E-state index contributed by atoms with van der Waals surface area (Å²) in [5.41, 5.74) is -2.17. The molecule has 4 nitrogen and oxygen atoms in total. The number of nitrogens with one attached hydrogen (secondary N) is 1. The van der Waals surface area contributed by atoms with E-state index in [0.717, 1.165) is 7.11 Å². The normalized spacial score (nSPS) is 11.4. The zero-order valence-electron chi connectivity index (χ0n) is 6.47. The van der Waals surface area contributed by atoms with Crippen molar-refractivity contribution < 1.29 is 17.9 Å². The number of methoxy groups -OCH3 is 1. The number of alkyl halides is 3. The van der Waals surface area contributed by atoms with Crippen LogP contribution in [-0.4, -0.2) is 17.1 Å². The molecule has 0 aliphatic heterocycles. The molecule has 0 aliphatic carbocycles. The van der Waals surface area contributed by atoms with E-state index in [1.54, 1.807) is 0 Å². The Kier molecular flexibility index (Phi) is 2.26. The van der Waals surface area contributed by atoms with E-state index < -0.39 is 23.4 Å². The van der Waals surface area contributed by atoms with Gasteiger partial charge in [0, 0.05) is 6.07 Å². The molecule has 1 aromatic rings. The average molecular weight is 194 g/mol. The Labute approximate surface area is 70.4 Å². The molecule has 0 aliphatic rings. The highest BCUT2D eigenvalue weighted by atomic mass is 19.4. The number of aromatic amines is 1. The van der Waals surface area contributed by atoms with Crippen LogP contribution in [0.1, 0.15) is 5.69 Å². The van der Waals surface area contributed by atoms with Crippen LogP contribution < -0.4 is 10.3 Å². The maximum absolute atomic E-state index is 12.0. The molecule has 0 amide bonds. The molecule has 0 fully saturated rings. The predicted molar refractivity (Wildman–Crippen MR) is 36.4 cm³/mol. The van der Waals surface area contributed by atoms with Crippen LogP contribution in [0.3, 0.4) is 0 Å². The molecule has 0 spiro atoms. The van der Waals surface area contributed by atoms with E-state index in [1.807, 2.05) is 4.98 Å². The lowest BCUT2D eigenvalue weighted by molar-refractivity contribution is -0.141. The van der Waals surface area contributed by atoms with Crippen molar-refractivity contribution in [2.24, 2.45) is 0 Å². The molecule has 1 heterocycles. The average Bonchev–Trinajstić information content (AvgIpc) is 2.01. The second-order valence-electron chi connectivity index (χ2n) is 2.14. The van der Waals surface area contributed by atoms with E-state index in [-0.39, 0.29) is 0 Å². The fourth-order valence-electron chi connectivity index (χ4n) is 0.677. The monoisotopic (exact) mass is 194 g/mol. The van der Waals surface area contributed by atoms with Crippen LogP contribution in [0, 0.1) is 0 Å². The Morgan fingerprint density at radius 3 is 2.62 bits per heavy atom. The SMILES string of the molecule is COc1nc(C(F)(F)F)cc(=O)[nH]1. The van der Waals surface area contributed by atoms with Crippen LogP contribution in [0.2, 0.25) is 0 Å². The van der Waals surface area contributed by atoms with Gasteiger partial charge in [-0.3, -0.25) is 9.78 Å². The fraction of sp³-hybridized carbons (Fsp3) is 0.333. The van der Waals surface area contributed by atoms with Crippen molar-refractivity contribution in [2.45, 2.75) is 6.18 Å². The summed E-state index contributed by atoms with van der Waals surface area (Å²) in [5.74, 6) is 0. The second kappa shape index (κ2) is 3.08. The van der Waals surface area contributed by atoms with Crippen LogP contribution in [-0.2, 0) is 6.18 Å². The third kappa shape index (κ3) is 2.20. The zero-order valence-corrected chi connectivity index (χ0v) is 6.47. The highest BCUT2D eigenvalue weighted by molar-refractivity contribution is 5.08. The summed E-state index contributed by atoms with van der Waals surface area (Å²) in [7, 11) is 1.11. The fourth-order valence-corrected chi connectivity index (χ4v) is 0.677. The number of H-pyrrole nitrogens is 1. The van der Waals surface area contributed by atoms with Gasteiger partial charge < -0.3 is 4.74 Å². The van der Waals surface area contributed by atoms with Gasteiger partial charge in [-0.2, -0.15) is 18.2 Å². The van der Waals surface area contributed by atoms with Gasteiger partial charge in [-0.1, -0.05) is 0 Å². The Hall–Kier alpha value is -1.53. The van der Waals surface area contributed by atoms with E-state index in [4.69, 9.17) is 0 Å². The van der Waals surface area contributed by atoms with Crippen molar-refractivity contribution in [3.05, 3.63) is 22.1 Å². The number of rotatable bonds is 1. The number of ether oxygens (including phenoxy) is 1. The first-order valence-corrected chi connectivity index (χ1v) is 3.16. The van der Waals surface area contributed by atoms with Gasteiger partial charge in [-0.05, 0) is 0 Å². The van der Waals surface area contributed by atoms with Crippen LogP contribution in [0.15, 0.2) is 10.9 Å². The minimum Gasteiger partial charge on any atom is -0.468 e. The number of halogens is 3. The molecule has 0 unspecified atom stereocenters. The van der Waals surface area contributed by atoms with E-state index in [2.05, 4.69) is 9.72 Å². The van der Waals surface area contributed by atoms with Gasteiger partial charge in [0.05, 0.1) is 7.11 Å². The number of nitrogens with zero attached hydrogens (tertiary/aromatic N) is 1. The summed E-state index contributed by atoms with van der Waals surface area (Å²) >= 11 is 0. The molecular formula is C6H5F3N2O2. The Balaban J connectivity index is 3.24. The predicted octanol–water partition coefficient (Wildman–Crippen LogP) is 0.797. The van der Waals surface area contributed by atoms with Gasteiger partial charge in [0.15, 0.2) is 5.69 Å². The molecule has 0 saturated carbocycles. The Morgan fingerprint density at radius 2 is 2.15 bits per heavy atom. The van der Waals surface area contributed by atoms with E-state index in [9.17, 15) is 18.0 Å². The topological polar surface area (TPSA) is 55.0 Å². The first kappa shape index (κ1) is 9.56. The summed E-state index contributed by atoms with van der Waals surface area (Å²) in [6, 6.07) is -0.0949.